The first-order valence-corrected chi connectivity index (χ1v) is 12.1. The second kappa shape index (κ2) is 11.0. The van der Waals surface area contributed by atoms with E-state index in [1.54, 1.807) is 11.6 Å². The summed E-state index contributed by atoms with van der Waals surface area (Å²) in [6.07, 6.45) is -3.99. The van der Waals surface area contributed by atoms with E-state index in [4.69, 9.17) is 15.6 Å². The van der Waals surface area contributed by atoms with E-state index in [-0.39, 0.29) is 23.3 Å². The molecular formula is C20H19F6N5O3S2. The second-order valence-corrected chi connectivity index (χ2v) is 9.45. The van der Waals surface area contributed by atoms with Gasteiger partial charge in [0, 0.05) is 17.5 Å². The normalized spacial score (nSPS) is 18.3. The van der Waals surface area contributed by atoms with E-state index in [0.29, 0.717) is 27.5 Å². The first-order valence-electron chi connectivity index (χ1n) is 10.3. The Morgan fingerprint density at radius 1 is 1.11 bits per heavy atom. The highest BCUT2D eigenvalue weighted by atomic mass is 32.1. The average molecular weight is 556 g/mol. The number of aliphatic carboxylic acids is 1. The largest absolute Gasteiger partial charge is 0.490 e. The van der Waals surface area contributed by atoms with Crippen LogP contribution in [-0.4, -0.2) is 45.2 Å². The zero-order chi connectivity index (χ0) is 26.7. The lowest BCUT2D eigenvalue weighted by Gasteiger charge is -2.29. The Bertz CT molecular complexity index is 1230. The van der Waals surface area contributed by atoms with Crippen LogP contribution in [-0.2, 0) is 11.0 Å². The Labute approximate surface area is 207 Å². The first-order chi connectivity index (χ1) is 16.8. The summed E-state index contributed by atoms with van der Waals surface area (Å²) < 4.78 is 70.9. The van der Waals surface area contributed by atoms with E-state index < -0.39 is 29.1 Å². The van der Waals surface area contributed by atoms with Gasteiger partial charge < -0.3 is 21.5 Å². The highest BCUT2D eigenvalue weighted by Gasteiger charge is 2.38. The minimum atomic E-state index is -5.08. The zero-order valence-corrected chi connectivity index (χ0v) is 19.7. The average Bonchev–Trinajstić information content (AvgIpc) is 3.42. The van der Waals surface area contributed by atoms with Crippen molar-refractivity contribution in [3.63, 3.8) is 0 Å². The first kappa shape index (κ1) is 27.6. The van der Waals surface area contributed by atoms with Crippen molar-refractivity contribution in [1.29, 1.82) is 0 Å². The summed E-state index contributed by atoms with van der Waals surface area (Å²) in [5.74, 6) is -2.91. The number of carbonyl (C=O) groups excluding carboxylic acids is 1. The number of hydrogen-bond donors (Lipinski definition) is 4. The van der Waals surface area contributed by atoms with Crippen LogP contribution in [0.2, 0.25) is 0 Å². The Hall–Kier alpha value is -2.98. The number of nitrogens with two attached hydrogens (primary N) is 1. The van der Waals surface area contributed by atoms with E-state index in [1.165, 1.54) is 22.8 Å². The number of carbonyl (C=O) groups is 2. The number of nitrogens with one attached hydrogen (secondary N) is 2. The van der Waals surface area contributed by atoms with Crippen molar-refractivity contribution < 1.29 is 41.0 Å². The molecule has 0 spiro atoms. The quantitative estimate of drug-likeness (QED) is 0.320. The predicted octanol–water partition coefficient (Wildman–Crippen LogP) is 5.34. The van der Waals surface area contributed by atoms with Crippen molar-refractivity contribution in [3.05, 3.63) is 33.5 Å². The van der Waals surface area contributed by atoms with E-state index >= 15 is 0 Å². The molecule has 1 amide bonds. The molecule has 4 rings (SSSR count). The lowest BCUT2D eigenvalue weighted by atomic mass is 9.91. The molecule has 3 aromatic rings. The van der Waals surface area contributed by atoms with Gasteiger partial charge in [-0.2, -0.15) is 26.3 Å². The summed E-state index contributed by atoms with van der Waals surface area (Å²) in [5.41, 5.74) is 6.44. The van der Waals surface area contributed by atoms with Crippen LogP contribution < -0.4 is 16.4 Å². The monoisotopic (exact) mass is 555 g/mol. The van der Waals surface area contributed by atoms with Crippen molar-refractivity contribution in [3.8, 4) is 0 Å². The molecule has 3 aromatic heterocycles. The van der Waals surface area contributed by atoms with Crippen LogP contribution in [0.1, 0.15) is 40.9 Å². The van der Waals surface area contributed by atoms with Crippen molar-refractivity contribution in [1.82, 2.24) is 9.97 Å². The molecule has 0 aliphatic heterocycles. The molecule has 16 heteroatoms. The number of halogens is 6. The van der Waals surface area contributed by atoms with Crippen molar-refractivity contribution in [2.45, 2.75) is 50.1 Å². The summed E-state index contributed by atoms with van der Waals surface area (Å²) in [7, 11) is 0. The molecule has 3 heterocycles. The van der Waals surface area contributed by atoms with E-state index in [0.717, 1.165) is 25.7 Å². The molecule has 0 saturated heterocycles. The zero-order valence-electron chi connectivity index (χ0n) is 18.1. The van der Waals surface area contributed by atoms with E-state index in [9.17, 15) is 31.1 Å². The van der Waals surface area contributed by atoms with Crippen LogP contribution in [0.4, 0.5) is 37.8 Å². The number of fused-ring (bicyclic) bond motifs is 1. The highest BCUT2D eigenvalue weighted by Crippen LogP contribution is 2.39. The Kier molecular flexibility index (Phi) is 8.40. The maximum atomic E-state index is 13.1. The maximum absolute atomic E-state index is 13.1. The molecule has 8 nitrogen and oxygen atoms in total. The fraction of sp³-hybridized carbons (Fsp3) is 0.400. The number of alkyl halides is 6. The topological polar surface area (TPSA) is 130 Å². The molecule has 1 saturated carbocycles. The van der Waals surface area contributed by atoms with Crippen LogP contribution in [0.15, 0.2) is 23.0 Å². The number of nitrogens with zero attached hydrogens (tertiary/aromatic N) is 2. The minimum absolute atomic E-state index is 0.0193. The van der Waals surface area contributed by atoms with E-state index in [1.807, 2.05) is 0 Å². The third kappa shape index (κ3) is 6.82. The molecule has 2 atom stereocenters. The molecule has 0 aromatic carbocycles. The summed E-state index contributed by atoms with van der Waals surface area (Å²) in [6.45, 7) is 0. The smallest absolute Gasteiger partial charge is 0.475 e. The molecule has 36 heavy (non-hydrogen) atoms. The lowest BCUT2D eigenvalue weighted by molar-refractivity contribution is -0.192. The van der Waals surface area contributed by atoms with Gasteiger partial charge in [-0.05, 0) is 24.3 Å². The van der Waals surface area contributed by atoms with Gasteiger partial charge in [-0.25, -0.2) is 14.8 Å². The molecule has 5 N–H and O–H groups in total. The third-order valence-electron chi connectivity index (χ3n) is 5.09. The second-order valence-electron chi connectivity index (χ2n) is 7.68. The van der Waals surface area contributed by atoms with Gasteiger partial charge in [0.25, 0.3) is 5.91 Å². The number of aromatic nitrogens is 2. The van der Waals surface area contributed by atoms with Crippen LogP contribution in [0.3, 0.4) is 0 Å². The van der Waals surface area contributed by atoms with Crippen LogP contribution in [0, 0.1) is 0 Å². The molecule has 1 fully saturated rings. The Balaban J connectivity index is 0.000000454. The van der Waals surface area contributed by atoms with Gasteiger partial charge in [0.05, 0.1) is 17.4 Å². The molecule has 0 bridgehead atoms. The Morgan fingerprint density at radius 3 is 2.39 bits per heavy atom. The SMILES string of the molecule is N[C@H]1CCCC[C@H]1Nc1cnc2scc(C(=O)Nc3ccsc3C(F)(F)F)c2n1.O=C(O)C(F)(F)F. The molecule has 1 aliphatic rings. The predicted molar refractivity (Wildman–Crippen MR) is 122 cm³/mol. The summed E-state index contributed by atoms with van der Waals surface area (Å²) in [4.78, 5) is 30.0. The third-order valence-corrected chi connectivity index (χ3v) is 6.93. The van der Waals surface area contributed by atoms with Gasteiger partial charge >= 0.3 is 18.3 Å². The number of anilines is 2. The van der Waals surface area contributed by atoms with Gasteiger partial charge in [-0.1, -0.05) is 12.8 Å². The summed E-state index contributed by atoms with van der Waals surface area (Å²) in [6, 6.07) is 1.33. The number of hydrogen-bond acceptors (Lipinski definition) is 8. The van der Waals surface area contributed by atoms with Crippen molar-refractivity contribution >= 4 is 56.4 Å². The standard InChI is InChI=1S/C18H18F3N5OS2.C2HF3O2/c19-18(20,21)15-12(5-6-28-15)25-16(27)9-8-29-17-14(9)26-13(7-23-17)24-11-4-2-1-3-10(11)22;3-2(4,5)1(6)7/h5-8,10-11H,1-4,22H2,(H,24,26)(H,25,27);(H,6,7)/t10-,11+;/m0./s1. The molecule has 196 valence electrons. The van der Waals surface area contributed by atoms with Crippen LogP contribution >= 0.6 is 22.7 Å². The molecule has 1 aliphatic carbocycles. The molecular weight excluding hydrogens is 536 g/mol. The van der Waals surface area contributed by atoms with Gasteiger partial charge in [-0.3, -0.25) is 4.79 Å². The number of rotatable bonds is 4. The van der Waals surface area contributed by atoms with Crippen LogP contribution in [0.5, 0.6) is 0 Å². The van der Waals surface area contributed by atoms with Crippen molar-refractivity contribution in [2.24, 2.45) is 5.73 Å². The van der Waals surface area contributed by atoms with Gasteiger partial charge in [0.2, 0.25) is 0 Å². The van der Waals surface area contributed by atoms with Crippen molar-refractivity contribution in [2.75, 3.05) is 10.6 Å². The van der Waals surface area contributed by atoms with Gasteiger partial charge in [0.1, 0.15) is 21.0 Å². The Morgan fingerprint density at radius 2 is 1.78 bits per heavy atom. The van der Waals surface area contributed by atoms with Gasteiger partial charge in [0.15, 0.2) is 0 Å². The van der Waals surface area contributed by atoms with E-state index in [2.05, 4.69) is 20.6 Å². The minimum Gasteiger partial charge on any atom is -0.475 e. The summed E-state index contributed by atoms with van der Waals surface area (Å²) in [5, 5.41) is 15.6. The fourth-order valence-corrected chi connectivity index (χ4v) is 4.94. The summed E-state index contributed by atoms with van der Waals surface area (Å²) >= 11 is 1.75. The van der Waals surface area contributed by atoms with Crippen LogP contribution in [0.25, 0.3) is 10.3 Å². The van der Waals surface area contributed by atoms with Gasteiger partial charge in [-0.15, -0.1) is 22.7 Å². The fourth-order valence-electron chi connectivity index (χ4n) is 3.39. The number of thiophene rings is 2. The highest BCUT2D eigenvalue weighted by molar-refractivity contribution is 7.17. The lowest BCUT2D eigenvalue weighted by Crippen LogP contribution is -2.42. The molecule has 0 radical (unpaired) electrons. The number of amides is 1. The number of carboxylic acid groups (broad SMARTS) is 1. The maximum Gasteiger partial charge on any atom is 0.490 e. The number of carboxylic acids is 1. The molecule has 0 unspecified atom stereocenters.